The van der Waals surface area contributed by atoms with Gasteiger partial charge in [-0.3, -0.25) is 9.59 Å². The number of ether oxygens (including phenoxy) is 1. The molecule has 1 aliphatic heterocycles. The highest BCUT2D eigenvalue weighted by atomic mass is 19.4. The Morgan fingerprint density at radius 3 is 2.70 bits per heavy atom. The van der Waals surface area contributed by atoms with E-state index in [9.17, 15) is 22.8 Å². The molecule has 0 aliphatic carbocycles. The van der Waals surface area contributed by atoms with Crippen molar-refractivity contribution in [3.63, 3.8) is 0 Å². The van der Waals surface area contributed by atoms with E-state index in [1.165, 1.54) is 4.90 Å². The fourth-order valence-electron chi connectivity index (χ4n) is 1.69. The van der Waals surface area contributed by atoms with E-state index in [0.717, 1.165) is 13.0 Å². The van der Waals surface area contributed by atoms with Crippen LogP contribution in [0, 0.1) is 0 Å². The van der Waals surface area contributed by atoms with Gasteiger partial charge in [0.05, 0.1) is 6.61 Å². The number of nitrogens with zero attached hydrogens (tertiary/aromatic N) is 1. The molecule has 1 fully saturated rings. The molecule has 0 unspecified atom stereocenters. The van der Waals surface area contributed by atoms with Crippen LogP contribution in [0.3, 0.4) is 0 Å². The average molecular weight is 297 g/mol. The summed E-state index contributed by atoms with van der Waals surface area (Å²) in [6, 6.07) is 0. The van der Waals surface area contributed by atoms with Crippen LogP contribution < -0.4 is 10.6 Å². The lowest BCUT2D eigenvalue weighted by Gasteiger charge is -2.19. The minimum Gasteiger partial charge on any atom is -0.370 e. The molecule has 6 nitrogen and oxygen atoms in total. The van der Waals surface area contributed by atoms with Crippen molar-refractivity contribution in [2.24, 2.45) is 0 Å². The molecular weight excluding hydrogens is 279 g/mol. The lowest BCUT2D eigenvalue weighted by molar-refractivity contribution is -0.173. The van der Waals surface area contributed by atoms with Crippen molar-refractivity contribution in [1.82, 2.24) is 15.5 Å². The summed E-state index contributed by atoms with van der Waals surface area (Å²) in [7, 11) is 0. The second-order valence-electron chi connectivity index (χ2n) is 4.32. The molecule has 20 heavy (non-hydrogen) atoms. The highest BCUT2D eigenvalue weighted by Gasteiger charge is 2.27. The summed E-state index contributed by atoms with van der Waals surface area (Å²) >= 11 is 0. The van der Waals surface area contributed by atoms with Gasteiger partial charge in [0.2, 0.25) is 0 Å². The summed E-state index contributed by atoms with van der Waals surface area (Å²) in [6.45, 7) is 0.548. The van der Waals surface area contributed by atoms with Gasteiger partial charge in [-0.2, -0.15) is 13.2 Å². The second-order valence-corrected chi connectivity index (χ2v) is 4.32. The van der Waals surface area contributed by atoms with Crippen LogP contribution in [0.2, 0.25) is 0 Å². The normalized spacial score (nSPS) is 16.6. The lowest BCUT2D eigenvalue weighted by atomic mass is 10.3. The SMILES string of the molecule is O=C(NCCOCC(F)(F)F)C(=O)N1CCCNCC1. The predicted molar refractivity (Wildman–Crippen MR) is 64.0 cm³/mol. The summed E-state index contributed by atoms with van der Waals surface area (Å²) < 4.78 is 39.6. The van der Waals surface area contributed by atoms with Crippen molar-refractivity contribution < 1.29 is 27.5 Å². The minimum absolute atomic E-state index is 0.132. The first-order valence-electron chi connectivity index (χ1n) is 6.32. The Kier molecular flexibility index (Phi) is 6.73. The number of carbonyl (C=O) groups is 2. The van der Waals surface area contributed by atoms with E-state index in [4.69, 9.17) is 0 Å². The van der Waals surface area contributed by atoms with Crippen molar-refractivity contribution in [3.05, 3.63) is 0 Å². The van der Waals surface area contributed by atoms with Gasteiger partial charge in [-0.25, -0.2) is 0 Å². The topological polar surface area (TPSA) is 70.7 Å². The summed E-state index contributed by atoms with van der Waals surface area (Å²) in [4.78, 5) is 24.7. The lowest BCUT2D eigenvalue weighted by Crippen LogP contribution is -2.45. The first-order valence-corrected chi connectivity index (χ1v) is 6.32. The molecule has 0 aromatic carbocycles. The summed E-state index contributed by atoms with van der Waals surface area (Å²) in [6.07, 6.45) is -3.63. The maximum atomic E-state index is 11.8. The van der Waals surface area contributed by atoms with Gasteiger partial charge >= 0.3 is 18.0 Å². The first-order chi connectivity index (χ1) is 9.40. The molecule has 0 atom stereocenters. The van der Waals surface area contributed by atoms with Gasteiger partial charge in [-0.1, -0.05) is 0 Å². The fourth-order valence-corrected chi connectivity index (χ4v) is 1.69. The number of hydrogen-bond acceptors (Lipinski definition) is 4. The third-order valence-corrected chi connectivity index (χ3v) is 2.62. The van der Waals surface area contributed by atoms with E-state index in [-0.39, 0.29) is 13.2 Å². The quantitative estimate of drug-likeness (QED) is 0.542. The van der Waals surface area contributed by atoms with E-state index in [2.05, 4.69) is 15.4 Å². The Hall–Kier alpha value is -1.35. The van der Waals surface area contributed by atoms with E-state index < -0.39 is 24.6 Å². The molecule has 0 radical (unpaired) electrons. The minimum atomic E-state index is -4.39. The molecule has 2 N–H and O–H groups in total. The smallest absolute Gasteiger partial charge is 0.370 e. The average Bonchev–Trinajstić information content (AvgIpc) is 2.64. The monoisotopic (exact) mass is 297 g/mol. The molecule has 1 rings (SSSR count). The second kappa shape index (κ2) is 8.05. The number of alkyl halides is 3. The van der Waals surface area contributed by atoms with Crippen LogP contribution in [0.15, 0.2) is 0 Å². The molecular formula is C11H18F3N3O3. The number of nitrogens with one attached hydrogen (secondary N) is 2. The maximum Gasteiger partial charge on any atom is 0.411 e. The van der Waals surface area contributed by atoms with E-state index >= 15 is 0 Å². The summed E-state index contributed by atoms with van der Waals surface area (Å²) in [5, 5.41) is 5.34. The Labute approximate surface area is 114 Å². The van der Waals surface area contributed by atoms with Crippen LogP contribution in [0.1, 0.15) is 6.42 Å². The van der Waals surface area contributed by atoms with E-state index in [0.29, 0.717) is 19.6 Å². The van der Waals surface area contributed by atoms with Crippen molar-refractivity contribution in [1.29, 1.82) is 0 Å². The highest BCUT2D eigenvalue weighted by molar-refractivity contribution is 6.35. The third-order valence-electron chi connectivity index (χ3n) is 2.62. The standard InChI is InChI=1S/C11H18F3N3O3/c12-11(13,14)8-20-7-4-16-9(18)10(19)17-5-1-2-15-3-6-17/h15H,1-8H2,(H,16,18). The molecule has 1 aliphatic rings. The van der Waals surface area contributed by atoms with Gasteiger partial charge < -0.3 is 20.3 Å². The van der Waals surface area contributed by atoms with E-state index in [1.807, 2.05) is 0 Å². The molecule has 0 aromatic rings. The fraction of sp³-hybridized carbons (Fsp3) is 0.818. The van der Waals surface area contributed by atoms with Crippen molar-refractivity contribution >= 4 is 11.8 Å². The zero-order valence-corrected chi connectivity index (χ0v) is 11.0. The van der Waals surface area contributed by atoms with Gasteiger partial charge in [0.25, 0.3) is 0 Å². The van der Waals surface area contributed by atoms with Crippen LogP contribution in [0.5, 0.6) is 0 Å². The first kappa shape index (κ1) is 16.7. The molecule has 9 heteroatoms. The third kappa shape index (κ3) is 6.71. The highest BCUT2D eigenvalue weighted by Crippen LogP contribution is 2.13. The Bertz CT molecular complexity index is 329. The zero-order valence-electron chi connectivity index (χ0n) is 11.0. The Morgan fingerprint density at radius 1 is 1.25 bits per heavy atom. The summed E-state index contributed by atoms with van der Waals surface area (Å²) in [5.74, 6) is -1.48. The Balaban J connectivity index is 2.19. The largest absolute Gasteiger partial charge is 0.411 e. The van der Waals surface area contributed by atoms with Gasteiger partial charge in [-0.15, -0.1) is 0 Å². The molecule has 0 aromatic heterocycles. The van der Waals surface area contributed by atoms with Gasteiger partial charge in [0.1, 0.15) is 6.61 Å². The molecule has 0 saturated carbocycles. The maximum absolute atomic E-state index is 11.8. The van der Waals surface area contributed by atoms with Crippen molar-refractivity contribution in [3.8, 4) is 0 Å². The molecule has 2 amide bonds. The molecule has 0 spiro atoms. The van der Waals surface area contributed by atoms with Crippen LogP contribution in [-0.4, -0.2) is 68.8 Å². The van der Waals surface area contributed by atoms with Crippen LogP contribution in [0.4, 0.5) is 13.2 Å². The van der Waals surface area contributed by atoms with Gasteiger partial charge in [0.15, 0.2) is 0 Å². The number of carbonyl (C=O) groups excluding carboxylic acids is 2. The van der Waals surface area contributed by atoms with E-state index in [1.54, 1.807) is 0 Å². The predicted octanol–water partition coefficient (Wildman–Crippen LogP) is -0.497. The Morgan fingerprint density at radius 2 is 2.00 bits per heavy atom. The van der Waals surface area contributed by atoms with Crippen LogP contribution in [-0.2, 0) is 14.3 Å². The number of halogens is 3. The zero-order chi connectivity index (χ0) is 15.0. The van der Waals surface area contributed by atoms with Crippen molar-refractivity contribution in [2.45, 2.75) is 12.6 Å². The van der Waals surface area contributed by atoms with Crippen molar-refractivity contribution in [2.75, 3.05) is 45.9 Å². The van der Waals surface area contributed by atoms with Crippen LogP contribution >= 0.6 is 0 Å². The molecule has 116 valence electrons. The number of hydrogen-bond donors (Lipinski definition) is 2. The summed E-state index contributed by atoms with van der Waals surface area (Å²) in [5.41, 5.74) is 0. The van der Waals surface area contributed by atoms with Gasteiger partial charge in [0, 0.05) is 26.2 Å². The molecule has 0 bridgehead atoms. The van der Waals surface area contributed by atoms with Gasteiger partial charge in [-0.05, 0) is 13.0 Å². The molecule has 1 heterocycles. The molecule has 1 saturated heterocycles. The number of rotatable bonds is 4. The number of amides is 2. The van der Waals surface area contributed by atoms with Crippen LogP contribution in [0.25, 0.3) is 0 Å².